The van der Waals surface area contributed by atoms with Crippen molar-refractivity contribution in [1.29, 1.82) is 0 Å². The number of aliphatic hydroxyl groups is 1. The lowest BCUT2D eigenvalue weighted by Gasteiger charge is -2.24. The minimum Gasteiger partial charge on any atom is -0.386 e. The van der Waals surface area contributed by atoms with Crippen molar-refractivity contribution in [2.45, 2.75) is 19.1 Å². The molecule has 0 heterocycles. The minimum atomic E-state index is -0.771. The van der Waals surface area contributed by atoms with E-state index in [0.29, 0.717) is 0 Å². The first-order valence-corrected chi connectivity index (χ1v) is 6.23. The molecule has 2 rings (SSSR count). The Labute approximate surface area is 112 Å². The van der Waals surface area contributed by atoms with Crippen LogP contribution in [0.1, 0.15) is 30.2 Å². The summed E-state index contributed by atoms with van der Waals surface area (Å²) in [5.41, 5.74) is 1.67. The molecule has 2 atom stereocenters. The Kier molecular flexibility index (Phi) is 4.31. The van der Waals surface area contributed by atoms with E-state index in [1.807, 2.05) is 60.7 Å². The number of hydrogen-bond acceptors (Lipinski definition) is 2. The lowest BCUT2D eigenvalue weighted by molar-refractivity contribution is -0.120. The van der Waals surface area contributed by atoms with Crippen molar-refractivity contribution in [3.05, 3.63) is 71.8 Å². The van der Waals surface area contributed by atoms with Crippen LogP contribution in [-0.2, 0) is 4.79 Å². The molecule has 0 fully saturated rings. The summed E-state index contributed by atoms with van der Waals surface area (Å²) in [6.07, 6.45) is -0.771. The lowest BCUT2D eigenvalue weighted by atomic mass is 9.96. The molecule has 0 radical (unpaired) electrons. The molecule has 0 aromatic heterocycles. The van der Waals surface area contributed by atoms with E-state index in [1.54, 1.807) is 0 Å². The minimum absolute atomic E-state index is 0.163. The number of amides is 1. The van der Waals surface area contributed by atoms with Gasteiger partial charge in [0.25, 0.3) is 0 Å². The molecule has 2 N–H and O–H groups in total. The maximum absolute atomic E-state index is 11.3. The summed E-state index contributed by atoms with van der Waals surface area (Å²) in [6, 6.07) is 18.4. The zero-order chi connectivity index (χ0) is 13.7. The number of carbonyl (C=O) groups excluding carboxylic acids is 1. The van der Waals surface area contributed by atoms with E-state index in [-0.39, 0.29) is 5.91 Å². The maximum atomic E-state index is 11.3. The van der Waals surface area contributed by atoms with Gasteiger partial charge in [-0.25, -0.2) is 0 Å². The number of rotatable bonds is 4. The number of benzene rings is 2. The van der Waals surface area contributed by atoms with E-state index in [1.165, 1.54) is 6.92 Å². The molecule has 0 saturated carbocycles. The Morgan fingerprint density at radius 3 is 1.89 bits per heavy atom. The van der Waals surface area contributed by atoms with Gasteiger partial charge in [-0.3, -0.25) is 4.79 Å². The molecule has 0 aliphatic rings. The Morgan fingerprint density at radius 1 is 0.947 bits per heavy atom. The van der Waals surface area contributed by atoms with Gasteiger partial charge in [-0.15, -0.1) is 0 Å². The first-order valence-electron chi connectivity index (χ1n) is 6.23. The van der Waals surface area contributed by atoms with Gasteiger partial charge in [0, 0.05) is 6.92 Å². The highest BCUT2D eigenvalue weighted by atomic mass is 16.3. The molecule has 0 unspecified atom stereocenters. The van der Waals surface area contributed by atoms with Crippen molar-refractivity contribution < 1.29 is 9.90 Å². The first kappa shape index (κ1) is 13.3. The van der Waals surface area contributed by atoms with Crippen LogP contribution >= 0.6 is 0 Å². The fourth-order valence-corrected chi connectivity index (χ4v) is 2.07. The van der Waals surface area contributed by atoms with Crippen LogP contribution in [-0.4, -0.2) is 11.0 Å². The molecular formula is C16H17NO2. The summed E-state index contributed by atoms with van der Waals surface area (Å²) >= 11 is 0. The normalized spacial score (nSPS) is 13.6. The summed E-state index contributed by atoms with van der Waals surface area (Å²) in [5.74, 6) is -0.163. The second-order valence-electron chi connectivity index (χ2n) is 4.44. The topological polar surface area (TPSA) is 49.3 Å². The van der Waals surface area contributed by atoms with Crippen molar-refractivity contribution in [2.24, 2.45) is 0 Å². The molecule has 0 aliphatic heterocycles. The average Bonchev–Trinajstić information content (AvgIpc) is 2.46. The third-order valence-electron chi connectivity index (χ3n) is 2.97. The van der Waals surface area contributed by atoms with Crippen LogP contribution < -0.4 is 5.32 Å². The Hall–Kier alpha value is -2.13. The van der Waals surface area contributed by atoms with Crippen molar-refractivity contribution in [1.82, 2.24) is 5.32 Å². The van der Waals surface area contributed by atoms with Crippen LogP contribution in [0.5, 0.6) is 0 Å². The van der Waals surface area contributed by atoms with Gasteiger partial charge in [0.15, 0.2) is 0 Å². The average molecular weight is 255 g/mol. The quantitative estimate of drug-likeness (QED) is 0.882. The van der Waals surface area contributed by atoms with Crippen LogP contribution in [0.2, 0.25) is 0 Å². The van der Waals surface area contributed by atoms with E-state index >= 15 is 0 Å². The Morgan fingerprint density at radius 2 is 1.42 bits per heavy atom. The van der Waals surface area contributed by atoms with Crippen molar-refractivity contribution in [3.63, 3.8) is 0 Å². The van der Waals surface area contributed by atoms with Gasteiger partial charge < -0.3 is 10.4 Å². The first-order chi connectivity index (χ1) is 9.18. The highest BCUT2D eigenvalue weighted by Gasteiger charge is 2.23. The third kappa shape index (κ3) is 3.42. The van der Waals surface area contributed by atoms with Crippen LogP contribution in [0.15, 0.2) is 60.7 Å². The summed E-state index contributed by atoms with van der Waals surface area (Å²) in [6.45, 7) is 1.45. The largest absolute Gasteiger partial charge is 0.386 e. The summed E-state index contributed by atoms with van der Waals surface area (Å²) in [4.78, 5) is 11.3. The zero-order valence-corrected chi connectivity index (χ0v) is 10.8. The highest BCUT2D eigenvalue weighted by molar-refractivity contribution is 5.73. The SMILES string of the molecule is CC(=O)N[C@H](c1ccccc1)[C@H](O)c1ccccc1. The molecular weight excluding hydrogens is 238 g/mol. The van der Waals surface area contributed by atoms with Crippen molar-refractivity contribution in [3.8, 4) is 0 Å². The molecule has 0 aliphatic carbocycles. The molecule has 0 saturated heterocycles. The van der Waals surface area contributed by atoms with Crippen LogP contribution in [0.3, 0.4) is 0 Å². The second-order valence-corrected chi connectivity index (χ2v) is 4.44. The predicted molar refractivity (Wildman–Crippen MR) is 74.4 cm³/mol. The third-order valence-corrected chi connectivity index (χ3v) is 2.97. The smallest absolute Gasteiger partial charge is 0.217 e. The Bertz CT molecular complexity index is 525. The van der Waals surface area contributed by atoms with Gasteiger partial charge in [0.1, 0.15) is 6.10 Å². The fraction of sp³-hybridized carbons (Fsp3) is 0.188. The molecule has 19 heavy (non-hydrogen) atoms. The van der Waals surface area contributed by atoms with Gasteiger partial charge in [-0.05, 0) is 11.1 Å². The van der Waals surface area contributed by atoms with Crippen LogP contribution in [0.4, 0.5) is 0 Å². The monoisotopic (exact) mass is 255 g/mol. The highest BCUT2D eigenvalue weighted by Crippen LogP contribution is 2.28. The molecule has 2 aromatic carbocycles. The number of nitrogens with one attached hydrogen (secondary N) is 1. The maximum Gasteiger partial charge on any atom is 0.217 e. The second kappa shape index (κ2) is 6.16. The summed E-state index contributed by atoms with van der Waals surface area (Å²) in [5, 5.41) is 13.3. The number of carbonyl (C=O) groups is 1. The van der Waals surface area contributed by atoms with Crippen LogP contribution in [0, 0.1) is 0 Å². The van der Waals surface area contributed by atoms with Gasteiger partial charge in [0.2, 0.25) is 5.91 Å². The molecule has 98 valence electrons. The molecule has 3 heteroatoms. The molecule has 0 spiro atoms. The fourth-order valence-electron chi connectivity index (χ4n) is 2.07. The van der Waals surface area contributed by atoms with E-state index in [2.05, 4.69) is 5.32 Å². The number of hydrogen-bond donors (Lipinski definition) is 2. The van der Waals surface area contributed by atoms with E-state index < -0.39 is 12.1 Å². The summed E-state index contributed by atoms with van der Waals surface area (Å²) in [7, 11) is 0. The van der Waals surface area contributed by atoms with E-state index in [4.69, 9.17) is 0 Å². The van der Waals surface area contributed by atoms with Gasteiger partial charge in [-0.1, -0.05) is 60.7 Å². The van der Waals surface area contributed by atoms with Crippen LogP contribution in [0.25, 0.3) is 0 Å². The summed E-state index contributed by atoms with van der Waals surface area (Å²) < 4.78 is 0. The van der Waals surface area contributed by atoms with Crippen molar-refractivity contribution >= 4 is 5.91 Å². The van der Waals surface area contributed by atoms with Gasteiger partial charge in [0.05, 0.1) is 6.04 Å². The Balaban J connectivity index is 2.30. The van der Waals surface area contributed by atoms with E-state index in [9.17, 15) is 9.90 Å². The van der Waals surface area contributed by atoms with Gasteiger partial charge in [-0.2, -0.15) is 0 Å². The number of aliphatic hydroxyl groups excluding tert-OH is 1. The van der Waals surface area contributed by atoms with Crippen molar-refractivity contribution in [2.75, 3.05) is 0 Å². The standard InChI is InChI=1S/C16H17NO2/c1-12(18)17-15(13-8-4-2-5-9-13)16(19)14-10-6-3-7-11-14/h2-11,15-16,19H,1H3,(H,17,18)/t15-,16-/m1/s1. The predicted octanol–water partition coefficient (Wildman–Crippen LogP) is 2.60. The molecule has 2 aromatic rings. The lowest BCUT2D eigenvalue weighted by Crippen LogP contribution is -2.30. The van der Waals surface area contributed by atoms with Gasteiger partial charge >= 0.3 is 0 Å². The molecule has 1 amide bonds. The zero-order valence-electron chi connectivity index (χ0n) is 10.8. The molecule has 0 bridgehead atoms. The van der Waals surface area contributed by atoms with E-state index in [0.717, 1.165) is 11.1 Å². The molecule has 3 nitrogen and oxygen atoms in total.